The molecule has 18 heavy (non-hydrogen) atoms. The lowest BCUT2D eigenvalue weighted by molar-refractivity contribution is -0.459. The second kappa shape index (κ2) is 9.74. The first kappa shape index (κ1) is 19.1. The Morgan fingerprint density at radius 2 is 1.00 bits per heavy atom. The average Bonchev–Trinajstić information content (AvgIpc) is 2.25. The smallest absolute Gasteiger partial charge is 0.236 e. The van der Waals surface area contributed by atoms with Gasteiger partial charge in [-0.25, -0.2) is 10.6 Å². The van der Waals surface area contributed by atoms with Crippen LogP contribution in [0, 0.1) is 0 Å². The third kappa shape index (κ3) is 7.92. The highest BCUT2D eigenvalue weighted by Gasteiger charge is 1.97. The fourth-order valence-corrected chi connectivity index (χ4v) is 1.07. The van der Waals surface area contributed by atoms with Crippen LogP contribution in [0.2, 0.25) is 0 Å². The van der Waals surface area contributed by atoms with Crippen LogP contribution in [0.5, 0.6) is 0 Å². The number of rotatable bonds is 4. The maximum absolute atomic E-state index is 3.19. The summed E-state index contributed by atoms with van der Waals surface area (Å²) in [5.74, 6) is 0. The van der Waals surface area contributed by atoms with Gasteiger partial charge in [0.15, 0.2) is 0 Å². The zero-order valence-corrected chi connectivity index (χ0v) is 12.6. The highest BCUT2D eigenvalue weighted by Crippen LogP contribution is 2.11. The van der Waals surface area contributed by atoms with Crippen molar-refractivity contribution in [2.75, 3.05) is 38.8 Å². The molecule has 0 spiro atoms. The minimum atomic E-state index is 0. The molecule has 0 heterocycles. The van der Waals surface area contributed by atoms with Crippen LogP contribution in [-0.4, -0.2) is 50.0 Å². The fourth-order valence-electron chi connectivity index (χ4n) is 1.07. The van der Waals surface area contributed by atoms with Crippen molar-refractivity contribution in [3.8, 4) is 0 Å². The summed E-state index contributed by atoms with van der Waals surface area (Å²) in [6, 6.07) is 8.13. The molecule has 2 N–H and O–H groups in total. The molecular formula is C12H20Cl2N4. The third-order valence-corrected chi connectivity index (χ3v) is 1.86. The fraction of sp³-hybridized carbons (Fsp3) is 0.333. The molecule has 1 rings (SSSR count). The van der Waals surface area contributed by atoms with E-state index in [0.29, 0.717) is 0 Å². The molecule has 0 unspecified atom stereocenters. The minimum Gasteiger partial charge on any atom is -1.00 e. The normalized spacial score (nSPS) is 8.22. The maximum Gasteiger partial charge on any atom is 0.236 e. The average molecular weight is 291 g/mol. The van der Waals surface area contributed by atoms with Gasteiger partial charge in [-0.15, -0.1) is 0 Å². The molecular weight excluding hydrogens is 271 g/mol. The molecule has 0 amide bonds. The van der Waals surface area contributed by atoms with Crippen LogP contribution in [0.15, 0.2) is 24.3 Å². The Bertz CT molecular complexity index is 352. The molecule has 1 aromatic rings. The molecule has 0 aromatic heterocycles. The zero-order chi connectivity index (χ0) is 12.0. The van der Waals surface area contributed by atoms with Gasteiger partial charge in [-0.3, -0.25) is 9.15 Å². The van der Waals surface area contributed by atoms with Gasteiger partial charge in [0.05, 0.1) is 28.2 Å². The summed E-state index contributed by atoms with van der Waals surface area (Å²) in [7, 11) is 7.92. The Hall–Kier alpha value is -1.26. The monoisotopic (exact) mass is 290 g/mol. The van der Waals surface area contributed by atoms with E-state index in [-0.39, 0.29) is 24.8 Å². The topological polar surface area (TPSA) is 30.1 Å². The number of benzene rings is 1. The quantitative estimate of drug-likeness (QED) is 0.331. The van der Waals surface area contributed by atoms with Crippen LogP contribution in [0.25, 0.3) is 0 Å². The molecule has 0 radical (unpaired) electrons. The molecule has 1 aromatic carbocycles. The van der Waals surface area contributed by atoms with E-state index in [4.69, 9.17) is 0 Å². The van der Waals surface area contributed by atoms with Crippen molar-refractivity contribution in [3.63, 3.8) is 0 Å². The van der Waals surface area contributed by atoms with Gasteiger partial charge in [0.2, 0.25) is 12.7 Å². The lowest BCUT2D eigenvalue weighted by atomic mass is 10.3. The van der Waals surface area contributed by atoms with E-state index in [2.05, 4.69) is 10.6 Å². The summed E-state index contributed by atoms with van der Waals surface area (Å²) in [5.41, 5.74) is 2.15. The van der Waals surface area contributed by atoms with E-state index < -0.39 is 0 Å². The van der Waals surface area contributed by atoms with Gasteiger partial charge in [0, 0.05) is 0 Å². The van der Waals surface area contributed by atoms with E-state index in [0.717, 1.165) is 11.4 Å². The van der Waals surface area contributed by atoms with Gasteiger partial charge < -0.3 is 24.8 Å². The number of nitrogens with zero attached hydrogens (tertiary/aromatic N) is 2. The first-order valence-corrected chi connectivity index (χ1v) is 5.20. The van der Waals surface area contributed by atoms with E-state index in [1.54, 1.807) is 0 Å². The number of halogens is 2. The molecule has 0 fully saturated rings. The Kier molecular flexibility index (Phi) is 10.3. The summed E-state index contributed by atoms with van der Waals surface area (Å²) in [5, 5.41) is 6.38. The van der Waals surface area contributed by atoms with Crippen molar-refractivity contribution >= 4 is 24.1 Å². The second-order valence-corrected chi connectivity index (χ2v) is 4.05. The van der Waals surface area contributed by atoms with Gasteiger partial charge in [-0.1, -0.05) is 0 Å². The molecule has 0 aliphatic rings. The van der Waals surface area contributed by atoms with E-state index in [9.17, 15) is 0 Å². The molecule has 0 saturated carbocycles. The first-order chi connectivity index (χ1) is 7.58. The summed E-state index contributed by atoms with van der Waals surface area (Å²) in [4.78, 5) is 0. The number of nitrogens with one attached hydrogen (secondary N) is 2. The van der Waals surface area contributed by atoms with Gasteiger partial charge >= 0.3 is 0 Å². The lowest BCUT2D eigenvalue weighted by Gasteiger charge is -1.97. The standard InChI is InChI=1S/C12H18N4.2ClH/c1-15(2)9-13-11-5-7-12(8-6-11)14-10-16(3)4;;/h5-10H,1-4H3;2*1H. The van der Waals surface area contributed by atoms with E-state index in [1.165, 1.54) is 0 Å². The van der Waals surface area contributed by atoms with E-state index in [1.807, 2.05) is 74.3 Å². The Labute approximate surface area is 121 Å². The van der Waals surface area contributed by atoms with Gasteiger partial charge in [-0.2, -0.15) is 0 Å². The molecule has 0 bridgehead atoms. The minimum absolute atomic E-state index is 0. The molecule has 0 atom stereocenters. The Morgan fingerprint density at radius 1 is 0.722 bits per heavy atom. The summed E-state index contributed by atoms with van der Waals surface area (Å²) >= 11 is 0. The first-order valence-electron chi connectivity index (χ1n) is 5.20. The van der Waals surface area contributed by atoms with Crippen LogP contribution in [-0.2, 0) is 0 Å². The molecule has 0 saturated heterocycles. The SMILES string of the molecule is C[N+](C)=CNc1ccc(NC=[N+](C)C)cc1.[Cl-].[Cl-]. The van der Waals surface area contributed by atoms with E-state index >= 15 is 0 Å². The molecule has 102 valence electrons. The van der Waals surface area contributed by atoms with Crippen LogP contribution in [0.3, 0.4) is 0 Å². The zero-order valence-electron chi connectivity index (χ0n) is 11.1. The van der Waals surface area contributed by atoms with Gasteiger partial charge in [-0.05, 0) is 24.3 Å². The van der Waals surface area contributed by atoms with Crippen molar-refractivity contribution in [2.24, 2.45) is 0 Å². The molecule has 0 aliphatic heterocycles. The molecule has 4 nitrogen and oxygen atoms in total. The highest BCUT2D eigenvalue weighted by atomic mass is 35.5. The molecule has 6 heteroatoms. The number of hydrogen-bond donors (Lipinski definition) is 2. The Balaban J connectivity index is 0. The largest absolute Gasteiger partial charge is 1.00 e. The maximum atomic E-state index is 3.19. The number of hydrogen-bond acceptors (Lipinski definition) is 0. The van der Waals surface area contributed by atoms with Crippen molar-refractivity contribution in [1.29, 1.82) is 0 Å². The third-order valence-electron chi connectivity index (χ3n) is 1.86. The lowest BCUT2D eigenvalue weighted by Crippen LogP contribution is -3.00. The van der Waals surface area contributed by atoms with Crippen molar-refractivity contribution in [1.82, 2.24) is 0 Å². The van der Waals surface area contributed by atoms with Crippen LogP contribution in [0.4, 0.5) is 11.4 Å². The van der Waals surface area contributed by atoms with Crippen molar-refractivity contribution in [2.45, 2.75) is 0 Å². The van der Waals surface area contributed by atoms with Crippen LogP contribution >= 0.6 is 0 Å². The van der Waals surface area contributed by atoms with Gasteiger partial charge in [0.1, 0.15) is 11.4 Å². The van der Waals surface area contributed by atoms with Gasteiger partial charge in [0.25, 0.3) is 0 Å². The summed E-state index contributed by atoms with van der Waals surface area (Å²) in [6.07, 6.45) is 3.82. The Morgan fingerprint density at radius 3 is 1.22 bits per heavy atom. The van der Waals surface area contributed by atoms with Crippen molar-refractivity contribution in [3.05, 3.63) is 24.3 Å². The predicted molar refractivity (Wildman–Crippen MR) is 70.0 cm³/mol. The predicted octanol–water partition coefficient (Wildman–Crippen LogP) is -4.88. The van der Waals surface area contributed by atoms with Crippen LogP contribution in [0.1, 0.15) is 0 Å². The summed E-state index contributed by atoms with van der Waals surface area (Å²) in [6.45, 7) is 0. The molecule has 0 aliphatic carbocycles. The summed E-state index contributed by atoms with van der Waals surface area (Å²) < 4.78 is 3.93. The highest BCUT2D eigenvalue weighted by molar-refractivity contribution is 5.76. The van der Waals surface area contributed by atoms with Crippen LogP contribution < -0.4 is 35.4 Å². The number of anilines is 2. The second-order valence-electron chi connectivity index (χ2n) is 4.05. The van der Waals surface area contributed by atoms with Crippen molar-refractivity contribution < 1.29 is 34.0 Å².